The third-order valence-electron chi connectivity index (χ3n) is 3.56. The zero-order valence-electron chi connectivity index (χ0n) is 11.8. The summed E-state index contributed by atoms with van der Waals surface area (Å²) in [4.78, 5) is 11.2. The highest BCUT2D eigenvalue weighted by Crippen LogP contribution is 2.31. The Bertz CT molecular complexity index is 764. The summed E-state index contributed by atoms with van der Waals surface area (Å²) in [6.45, 7) is 3.13. The number of carboxylic acids is 1. The van der Waals surface area contributed by atoms with Crippen LogP contribution in [0, 0.1) is 6.92 Å². The van der Waals surface area contributed by atoms with Crippen molar-refractivity contribution in [2.45, 2.75) is 24.0 Å². The molecule has 0 aliphatic heterocycles. The van der Waals surface area contributed by atoms with Gasteiger partial charge in [0.2, 0.25) is 0 Å². The van der Waals surface area contributed by atoms with Crippen LogP contribution in [0.1, 0.15) is 33.7 Å². The number of carbonyl (C=O) groups is 1. The van der Waals surface area contributed by atoms with Gasteiger partial charge in [0.15, 0.2) is 9.84 Å². The Hall–Kier alpha value is -2.14. The van der Waals surface area contributed by atoms with E-state index in [2.05, 4.69) is 0 Å². The average Bonchev–Trinajstić information content (AvgIpc) is 2.47. The molecular formula is C16H16O4S. The average molecular weight is 304 g/mol. The third-order valence-corrected chi connectivity index (χ3v) is 5.81. The Kier molecular flexibility index (Phi) is 4.14. The molecule has 4 nitrogen and oxygen atoms in total. The van der Waals surface area contributed by atoms with Crippen LogP contribution in [0.5, 0.6) is 0 Å². The fraction of sp³-hybridized carbons (Fsp3) is 0.188. The van der Waals surface area contributed by atoms with E-state index in [4.69, 9.17) is 5.11 Å². The minimum atomic E-state index is -3.64. The van der Waals surface area contributed by atoms with Gasteiger partial charge in [-0.05, 0) is 37.1 Å². The highest BCUT2D eigenvalue weighted by atomic mass is 32.2. The SMILES string of the molecule is Cc1c(C(=O)O)cccc1S(=O)(=O)C(C)c1ccccc1. The van der Waals surface area contributed by atoms with Gasteiger partial charge in [0, 0.05) is 0 Å². The van der Waals surface area contributed by atoms with Gasteiger partial charge >= 0.3 is 5.97 Å². The van der Waals surface area contributed by atoms with Gasteiger partial charge in [0.25, 0.3) is 0 Å². The van der Waals surface area contributed by atoms with Crippen LogP contribution in [0.4, 0.5) is 0 Å². The Balaban J connectivity index is 2.55. The normalized spacial score (nSPS) is 12.9. The second kappa shape index (κ2) is 5.69. The summed E-state index contributed by atoms with van der Waals surface area (Å²) in [5.41, 5.74) is 0.960. The molecular weight excluding hydrogens is 288 g/mol. The summed E-state index contributed by atoms with van der Waals surface area (Å²) in [5.74, 6) is -1.13. The van der Waals surface area contributed by atoms with Gasteiger partial charge in [-0.3, -0.25) is 0 Å². The number of hydrogen-bond acceptors (Lipinski definition) is 3. The van der Waals surface area contributed by atoms with Crippen molar-refractivity contribution < 1.29 is 18.3 Å². The van der Waals surface area contributed by atoms with Gasteiger partial charge in [-0.1, -0.05) is 36.4 Å². The summed E-state index contributed by atoms with van der Waals surface area (Å²) in [6.07, 6.45) is 0. The fourth-order valence-corrected chi connectivity index (χ4v) is 3.95. The standard InChI is InChI=1S/C16H16O4S/c1-11-14(16(17)18)9-6-10-15(11)21(19,20)12(2)13-7-4-3-5-8-13/h3-10,12H,1-2H3,(H,17,18). The predicted octanol–water partition coefficient (Wildman–Crippen LogP) is 3.23. The Labute approximate surface area is 124 Å². The molecule has 0 amide bonds. The largest absolute Gasteiger partial charge is 0.478 e. The van der Waals surface area contributed by atoms with Crippen LogP contribution >= 0.6 is 0 Å². The second-order valence-electron chi connectivity index (χ2n) is 4.83. The maximum atomic E-state index is 12.7. The Morgan fingerprint density at radius 3 is 2.24 bits per heavy atom. The predicted molar refractivity (Wildman–Crippen MR) is 80.2 cm³/mol. The van der Waals surface area contributed by atoms with Crippen molar-refractivity contribution in [2.24, 2.45) is 0 Å². The number of rotatable bonds is 4. The molecule has 0 spiro atoms. The van der Waals surface area contributed by atoms with E-state index >= 15 is 0 Å². The van der Waals surface area contributed by atoms with Gasteiger partial charge in [-0.25, -0.2) is 13.2 Å². The molecule has 0 heterocycles. The highest BCUT2D eigenvalue weighted by molar-refractivity contribution is 7.91. The fourth-order valence-electron chi connectivity index (χ4n) is 2.25. The van der Waals surface area contributed by atoms with Crippen molar-refractivity contribution in [1.82, 2.24) is 0 Å². The van der Waals surface area contributed by atoms with Crippen molar-refractivity contribution in [3.05, 3.63) is 65.2 Å². The molecule has 0 bridgehead atoms. The first kappa shape index (κ1) is 15.3. The lowest BCUT2D eigenvalue weighted by molar-refractivity contribution is 0.0696. The first-order chi connectivity index (χ1) is 9.85. The van der Waals surface area contributed by atoms with Gasteiger partial charge < -0.3 is 5.11 Å². The van der Waals surface area contributed by atoms with Crippen LogP contribution in [-0.4, -0.2) is 19.5 Å². The van der Waals surface area contributed by atoms with Crippen molar-refractivity contribution in [1.29, 1.82) is 0 Å². The number of benzene rings is 2. The molecule has 1 N–H and O–H groups in total. The molecule has 0 aromatic heterocycles. The van der Waals surface area contributed by atoms with Crippen molar-refractivity contribution in [3.63, 3.8) is 0 Å². The number of aromatic carboxylic acids is 1. The lowest BCUT2D eigenvalue weighted by Gasteiger charge is -2.16. The molecule has 2 aromatic rings. The summed E-state index contributed by atoms with van der Waals surface area (Å²) in [7, 11) is -3.64. The first-order valence-electron chi connectivity index (χ1n) is 6.47. The van der Waals surface area contributed by atoms with Gasteiger partial charge in [0.05, 0.1) is 15.7 Å². The van der Waals surface area contributed by atoms with E-state index in [1.807, 2.05) is 6.07 Å². The summed E-state index contributed by atoms with van der Waals surface area (Å²) in [6, 6.07) is 13.2. The molecule has 1 atom stereocenters. The smallest absolute Gasteiger partial charge is 0.335 e. The molecule has 2 rings (SSSR count). The number of carboxylic acid groups (broad SMARTS) is 1. The Morgan fingerprint density at radius 2 is 1.67 bits per heavy atom. The van der Waals surface area contributed by atoms with Gasteiger partial charge in [-0.15, -0.1) is 0 Å². The van der Waals surface area contributed by atoms with E-state index in [1.165, 1.54) is 25.1 Å². The third kappa shape index (κ3) is 2.83. The van der Waals surface area contributed by atoms with Crippen molar-refractivity contribution in [2.75, 3.05) is 0 Å². The second-order valence-corrected chi connectivity index (χ2v) is 7.07. The lowest BCUT2D eigenvalue weighted by Crippen LogP contribution is -2.14. The maximum Gasteiger partial charge on any atom is 0.335 e. The van der Waals surface area contributed by atoms with E-state index in [-0.39, 0.29) is 16.0 Å². The lowest BCUT2D eigenvalue weighted by atomic mass is 10.1. The first-order valence-corrected chi connectivity index (χ1v) is 8.02. The van der Waals surface area contributed by atoms with Crippen LogP contribution in [0.25, 0.3) is 0 Å². The molecule has 2 aromatic carbocycles. The van der Waals surface area contributed by atoms with Crippen molar-refractivity contribution in [3.8, 4) is 0 Å². The van der Waals surface area contributed by atoms with Crippen LogP contribution < -0.4 is 0 Å². The minimum absolute atomic E-state index is 0.0105. The quantitative estimate of drug-likeness (QED) is 0.941. The topological polar surface area (TPSA) is 71.4 Å². The molecule has 0 fully saturated rings. The van der Waals surface area contributed by atoms with Gasteiger partial charge in [0.1, 0.15) is 0 Å². The molecule has 1 unspecified atom stereocenters. The maximum absolute atomic E-state index is 12.7. The van der Waals surface area contributed by atoms with Gasteiger partial charge in [-0.2, -0.15) is 0 Å². The van der Waals surface area contributed by atoms with E-state index in [0.29, 0.717) is 5.56 Å². The summed E-state index contributed by atoms with van der Waals surface area (Å²) < 4.78 is 25.5. The molecule has 5 heteroatoms. The van der Waals surface area contributed by atoms with E-state index < -0.39 is 21.1 Å². The molecule has 0 aliphatic rings. The zero-order chi connectivity index (χ0) is 15.6. The highest BCUT2D eigenvalue weighted by Gasteiger charge is 2.27. The molecule has 110 valence electrons. The molecule has 0 aliphatic carbocycles. The zero-order valence-corrected chi connectivity index (χ0v) is 12.6. The molecule has 0 radical (unpaired) electrons. The van der Waals surface area contributed by atoms with Crippen LogP contribution in [0.2, 0.25) is 0 Å². The van der Waals surface area contributed by atoms with Crippen molar-refractivity contribution >= 4 is 15.8 Å². The summed E-state index contributed by atoms with van der Waals surface area (Å²) >= 11 is 0. The van der Waals surface area contributed by atoms with E-state index in [0.717, 1.165) is 0 Å². The molecule has 21 heavy (non-hydrogen) atoms. The van der Waals surface area contributed by atoms with Crippen LogP contribution in [-0.2, 0) is 9.84 Å². The number of hydrogen-bond donors (Lipinski definition) is 1. The number of sulfone groups is 1. The van der Waals surface area contributed by atoms with E-state index in [1.54, 1.807) is 31.2 Å². The van der Waals surface area contributed by atoms with Crippen LogP contribution in [0.15, 0.2) is 53.4 Å². The van der Waals surface area contributed by atoms with E-state index in [9.17, 15) is 13.2 Å². The van der Waals surface area contributed by atoms with Crippen LogP contribution in [0.3, 0.4) is 0 Å². The molecule has 0 saturated heterocycles. The summed E-state index contributed by atoms with van der Waals surface area (Å²) in [5, 5.41) is 8.38. The molecule has 0 saturated carbocycles. The Morgan fingerprint density at radius 1 is 1.05 bits per heavy atom. The monoisotopic (exact) mass is 304 g/mol. The minimum Gasteiger partial charge on any atom is -0.478 e.